The molecule has 2 aliphatic rings. The molecule has 1 aromatic rings. The van der Waals surface area contributed by atoms with Crippen molar-refractivity contribution in [3.8, 4) is 0 Å². The maximum Gasteiger partial charge on any atom is 0.250 e. The summed E-state index contributed by atoms with van der Waals surface area (Å²) in [6.45, 7) is 0. The lowest BCUT2D eigenvalue weighted by molar-refractivity contribution is -0.117. The summed E-state index contributed by atoms with van der Waals surface area (Å²) in [7, 11) is 1.95. The van der Waals surface area contributed by atoms with Gasteiger partial charge in [-0.3, -0.25) is 4.79 Å². The summed E-state index contributed by atoms with van der Waals surface area (Å²) >= 11 is 0. The maximum absolute atomic E-state index is 11.6. The van der Waals surface area contributed by atoms with Crippen LogP contribution in [0.15, 0.2) is 12.4 Å². The van der Waals surface area contributed by atoms with Gasteiger partial charge in [0.15, 0.2) is 0 Å². The number of hydrogen-bond donors (Lipinski definition) is 2. The Labute approximate surface area is 75.9 Å². The van der Waals surface area contributed by atoms with Gasteiger partial charge in [0.1, 0.15) is 5.54 Å². The third kappa shape index (κ3) is 0.826. The smallest absolute Gasteiger partial charge is 0.250 e. The largest absolute Gasteiger partial charge is 0.368 e. The van der Waals surface area contributed by atoms with E-state index in [1.807, 2.05) is 24.0 Å². The summed E-state index contributed by atoms with van der Waals surface area (Å²) in [5.41, 5.74) is 1.67. The van der Waals surface area contributed by atoms with Crippen LogP contribution < -0.4 is 10.6 Å². The van der Waals surface area contributed by atoms with Crippen LogP contribution in [-0.2, 0) is 11.8 Å². The molecule has 1 amide bonds. The Morgan fingerprint density at radius 2 is 2.08 bits per heavy atom. The lowest BCUT2D eigenvalue weighted by Gasteiger charge is -2.23. The number of nitrogens with one attached hydrogen (secondary N) is 2. The van der Waals surface area contributed by atoms with E-state index < -0.39 is 0 Å². The molecule has 2 N–H and O–H groups in total. The van der Waals surface area contributed by atoms with E-state index >= 15 is 0 Å². The molecule has 1 fully saturated rings. The predicted molar refractivity (Wildman–Crippen MR) is 49.6 cm³/mol. The Hall–Kier alpha value is -1.45. The van der Waals surface area contributed by atoms with E-state index in [4.69, 9.17) is 0 Å². The molecule has 1 aliphatic carbocycles. The topological polar surface area (TPSA) is 46.1 Å². The van der Waals surface area contributed by atoms with Crippen LogP contribution in [0.25, 0.3) is 0 Å². The highest BCUT2D eigenvalue weighted by atomic mass is 16.2. The first-order chi connectivity index (χ1) is 6.20. The average Bonchev–Trinajstić information content (AvgIpc) is 2.73. The van der Waals surface area contributed by atoms with Crippen molar-refractivity contribution in [2.24, 2.45) is 7.05 Å². The van der Waals surface area contributed by atoms with Gasteiger partial charge in [-0.1, -0.05) is 0 Å². The molecule has 0 aromatic carbocycles. The molecule has 0 atom stereocenters. The molecule has 4 heteroatoms. The number of rotatable bonds is 0. The Balaban J connectivity index is 2.06. The van der Waals surface area contributed by atoms with Gasteiger partial charge in [-0.05, 0) is 12.8 Å². The monoisotopic (exact) mass is 177 g/mol. The molecule has 1 saturated carbocycles. The van der Waals surface area contributed by atoms with Crippen molar-refractivity contribution in [1.29, 1.82) is 0 Å². The van der Waals surface area contributed by atoms with Crippen LogP contribution in [0.4, 0.5) is 11.4 Å². The molecule has 0 saturated heterocycles. The molecule has 1 aromatic heterocycles. The highest BCUT2D eigenvalue weighted by Crippen LogP contribution is 2.44. The Bertz CT molecular complexity index is 390. The lowest BCUT2D eigenvalue weighted by atomic mass is 10.2. The van der Waals surface area contributed by atoms with Crippen LogP contribution in [0, 0.1) is 0 Å². The van der Waals surface area contributed by atoms with E-state index in [0.717, 1.165) is 24.2 Å². The number of aryl methyl sites for hydroxylation is 1. The molecular weight excluding hydrogens is 166 g/mol. The van der Waals surface area contributed by atoms with Gasteiger partial charge >= 0.3 is 0 Å². The van der Waals surface area contributed by atoms with Crippen molar-refractivity contribution in [2.45, 2.75) is 18.4 Å². The van der Waals surface area contributed by atoms with Crippen molar-refractivity contribution in [3.05, 3.63) is 12.4 Å². The second kappa shape index (κ2) is 1.89. The number of aromatic nitrogens is 1. The number of carbonyl (C=O) groups is 1. The first-order valence-corrected chi connectivity index (χ1v) is 4.45. The highest BCUT2D eigenvalue weighted by Gasteiger charge is 2.52. The zero-order valence-corrected chi connectivity index (χ0v) is 7.42. The Kier molecular flexibility index (Phi) is 1.02. The van der Waals surface area contributed by atoms with Gasteiger partial charge in [0.25, 0.3) is 0 Å². The van der Waals surface area contributed by atoms with Crippen molar-refractivity contribution < 1.29 is 4.79 Å². The molecule has 1 spiro atoms. The van der Waals surface area contributed by atoms with Crippen molar-refractivity contribution >= 4 is 17.3 Å². The number of carbonyl (C=O) groups excluding carboxylic acids is 1. The summed E-state index contributed by atoms with van der Waals surface area (Å²) in [4.78, 5) is 11.6. The zero-order chi connectivity index (χ0) is 9.05. The molecule has 1 aliphatic heterocycles. The predicted octanol–water partition coefficient (Wildman–Crippen LogP) is 0.922. The maximum atomic E-state index is 11.6. The number of amides is 1. The van der Waals surface area contributed by atoms with E-state index in [2.05, 4.69) is 10.6 Å². The van der Waals surface area contributed by atoms with Crippen molar-refractivity contribution in [2.75, 3.05) is 10.6 Å². The number of fused-ring (bicyclic) bond motifs is 1. The first kappa shape index (κ1) is 7.00. The van der Waals surface area contributed by atoms with Gasteiger partial charge in [-0.2, -0.15) is 0 Å². The first-order valence-electron chi connectivity index (χ1n) is 4.45. The van der Waals surface area contributed by atoms with E-state index in [1.165, 1.54) is 0 Å². The van der Waals surface area contributed by atoms with Gasteiger partial charge in [0, 0.05) is 19.4 Å². The summed E-state index contributed by atoms with van der Waals surface area (Å²) in [5, 5.41) is 6.20. The van der Waals surface area contributed by atoms with Gasteiger partial charge in [-0.15, -0.1) is 0 Å². The molecule has 0 radical (unpaired) electrons. The quantitative estimate of drug-likeness (QED) is 0.619. The summed E-state index contributed by atoms with van der Waals surface area (Å²) < 4.78 is 1.94. The minimum absolute atomic E-state index is 0.117. The zero-order valence-electron chi connectivity index (χ0n) is 7.42. The molecule has 68 valence electrons. The van der Waals surface area contributed by atoms with E-state index in [0.29, 0.717) is 0 Å². The SMILES string of the molecule is Cn1cc2c(c1)NC1(CC1)C(=O)N2. The number of hydrogen-bond acceptors (Lipinski definition) is 2. The van der Waals surface area contributed by atoms with Gasteiger partial charge < -0.3 is 15.2 Å². The van der Waals surface area contributed by atoms with Gasteiger partial charge in [0.05, 0.1) is 11.4 Å². The third-order valence-electron chi connectivity index (χ3n) is 2.76. The molecule has 13 heavy (non-hydrogen) atoms. The standard InChI is InChI=1S/C9H11N3O/c1-12-4-6-7(5-12)11-9(2-3-9)8(13)10-6/h4-5,11H,2-3H2,1H3,(H,10,13). The second-order valence-electron chi connectivity index (χ2n) is 3.91. The lowest BCUT2D eigenvalue weighted by Crippen LogP contribution is -2.40. The van der Waals surface area contributed by atoms with Gasteiger partial charge in [0.2, 0.25) is 5.91 Å². The van der Waals surface area contributed by atoms with Crippen molar-refractivity contribution in [3.63, 3.8) is 0 Å². The van der Waals surface area contributed by atoms with E-state index in [-0.39, 0.29) is 11.4 Å². The van der Waals surface area contributed by atoms with Crippen molar-refractivity contribution in [1.82, 2.24) is 4.57 Å². The molecule has 0 bridgehead atoms. The summed E-state index contributed by atoms with van der Waals surface area (Å²) in [5.74, 6) is 0.117. The fourth-order valence-electron chi connectivity index (χ4n) is 1.82. The summed E-state index contributed by atoms with van der Waals surface area (Å²) in [6.07, 6.45) is 5.81. The molecule has 2 heterocycles. The highest BCUT2D eigenvalue weighted by molar-refractivity contribution is 6.07. The van der Waals surface area contributed by atoms with Crippen LogP contribution in [0.5, 0.6) is 0 Å². The van der Waals surface area contributed by atoms with Crippen LogP contribution in [0.1, 0.15) is 12.8 Å². The Morgan fingerprint density at radius 3 is 2.77 bits per heavy atom. The molecule has 3 rings (SSSR count). The van der Waals surface area contributed by atoms with Crippen LogP contribution in [0.3, 0.4) is 0 Å². The van der Waals surface area contributed by atoms with E-state index in [9.17, 15) is 4.79 Å². The number of anilines is 2. The van der Waals surface area contributed by atoms with E-state index in [1.54, 1.807) is 0 Å². The summed E-state index contributed by atoms with van der Waals surface area (Å²) in [6, 6.07) is 0. The average molecular weight is 177 g/mol. The third-order valence-corrected chi connectivity index (χ3v) is 2.76. The fraction of sp³-hybridized carbons (Fsp3) is 0.444. The molecule has 0 unspecified atom stereocenters. The van der Waals surface area contributed by atoms with Gasteiger partial charge in [-0.25, -0.2) is 0 Å². The Morgan fingerprint density at radius 1 is 1.38 bits per heavy atom. The fourth-order valence-corrected chi connectivity index (χ4v) is 1.82. The second-order valence-corrected chi connectivity index (χ2v) is 3.91. The van der Waals surface area contributed by atoms with Crippen LogP contribution in [0.2, 0.25) is 0 Å². The minimum Gasteiger partial charge on any atom is -0.368 e. The minimum atomic E-state index is -0.269. The molecule has 4 nitrogen and oxygen atoms in total. The number of nitrogens with zero attached hydrogens (tertiary/aromatic N) is 1. The molecular formula is C9H11N3O. The van der Waals surface area contributed by atoms with Crippen LogP contribution >= 0.6 is 0 Å². The normalized spacial score (nSPS) is 22.1. The van der Waals surface area contributed by atoms with Crippen LogP contribution in [-0.4, -0.2) is 16.0 Å².